The summed E-state index contributed by atoms with van der Waals surface area (Å²) in [6.07, 6.45) is 5.70. The van der Waals surface area contributed by atoms with Crippen LogP contribution in [0, 0.1) is 0 Å². The molecule has 0 aliphatic heterocycles. The van der Waals surface area contributed by atoms with E-state index >= 15 is 0 Å². The Morgan fingerprint density at radius 2 is 2.25 bits per heavy atom. The van der Waals surface area contributed by atoms with E-state index in [4.69, 9.17) is 11.6 Å². The van der Waals surface area contributed by atoms with Crippen molar-refractivity contribution in [3.63, 3.8) is 0 Å². The maximum atomic E-state index is 5.57. The molecule has 0 fully saturated rings. The summed E-state index contributed by atoms with van der Waals surface area (Å²) in [5.74, 6) is 0. The van der Waals surface area contributed by atoms with E-state index in [1.807, 2.05) is 6.92 Å². The fourth-order valence-electron chi connectivity index (χ4n) is 0.505. The molecule has 1 heteroatoms. The maximum Gasteiger partial charge on any atom is 0.0110 e. The van der Waals surface area contributed by atoms with Gasteiger partial charge in [0.2, 0.25) is 0 Å². The quantitative estimate of drug-likeness (QED) is 0.517. The van der Waals surface area contributed by atoms with Crippen molar-refractivity contribution in [1.29, 1.82) is 0 Å². The third kappa shape index (κ3) is 6.03. The molecule has 0 bridgehead atoms. The Morgan fingerprint density at radius 1 is 1.62 bits per heavy atom. The first-order valence-electron chi connectivity index (χ1n) is 3.09. The predicted octanol–water partition coefficient (Wildman–Crippen LogP) is 3.32. The van der Waals surface area contributed by atoms with Crippen LogP contribution in [0.5, 0.6) is 0 Å². The van der Waals surface area contributed by atoms with E-state index in [2.05, 4.69) is 13.0 Å². The number of halogens is 1. The molecule has 0 aromatic carbocycles. The van der Waals surface area contributed by atoms with Crippen molar-refractivity contribution < 1.29 is 0 Å². The van der Waals surface area contributed by atoms with E-state index in [0.29, 0.717) is 0 Å². The second-order valence-electron chi connectivity index (χ2n) is 1.93. The van der Waals surface area contributed by atoms with Gasteiger partial charge in [-0.05, 0) is 13.3 Å². The van der Waals surface area contributed by atoms with Gasteiger partial charge in [0.15, 0.2) is 0 Å². The van der Waals surface area contributed by atoms with Gasteiger partial charge >= 0.3 is 0 Å². The van der Waals surface area contributed by atoms with Crippen LogP contribution in [-0.4, -0.2) is 0 Å². The van der Waals surface area contributed by atoms with Crippen LogP contribution in [0.1, 0.15) is 33.1 Å². The van der Waals surface area contributed by atoms with Crippen molar-refractivity contribution in [1.82, 2.24) is 0 Å². The van der Waals surface area contributed by atoms with Gasteiger partial charge in [-0.3, -0.25) is 0 Å². The Bertz CT molecular complexity index is 70.5. The van der Waals surface area contributed by atoms with Gasteiger partial charge < -0.3 is 0 Å². The molecule has 0 rings (SSSR count). The smallest absolute Gasteiger partial charge is 0.0110 e. The number of hydrogen-bond donors (Lipinski definition) is 0. The van der Waals surface area contributed by atoms with Crippen LogP contribution in [0.25, 0.3) is 0 Å². The highest BCUT2D eigenvalue weighted by atomic mass is 35.5. The largest absolute Gasteiger partial charge is 0.0898 e. The van der Waals surface area contributed by atoms with Crippen LogP contribution in [0.2, 0.25) is 0 Å². The Kier molecular flexibility index (Phi) is 5.19. The molecule has 0 spiro atoms. The minimum atomic E-state index is 0.915. The molecule has 0 saturated heterocycles. The zero-order valence-electron chi connectivity index (χ0n) is 5.58. The number of hydrogen-bond acceptors (Lipinski definition) is 0. The summed E-state index contributed by atoms with van der Waals surface area (Å²) in [4.78, 5) is 0. The lowest BCUT2D eigenvalue weighted by Crippen LogP contribution is -1.66. The average molecular weight is 133 g/mol. The first-order chi connectivity index (χ1) is 3.77. The van der Waals surface area contributed by atoms with Crippen LogP contribution in [0.3, 0.4) is 0 Å². The normalized spacial score (nSPS) is 12.1. The molecule has 0 heterocycles. The van der Waals surface area contributed by atoms with E-state index in [-0.39, 0.29) is 0 Å². The second kappa shape index (κ2) is 5.17. The van der Waals surface area contributed by atoms with Gasteiger partial charge in [-0.1, -0.05) is 37.4 Å². The lowest BCUT2D eigenvalue weighted by atomic mass is 10.2. The van der Waals surface area contributed by atoms with Crippen LogP contribution >= 0.6 is 11.6 Å². The van der Waals surface area contributed by atoms with Crippen LogP contribution in [0.15, 0.2) is 11.1 Å². The van der Waals surface area contributed by atoms with E-state index in [1.165, 1.54) is 12.8 Å². The van der Waals surface area contributed by atoms with Gasteiger partial charge in [-0.15, -0.1) is 0 Å². The van der Waals surface area contributed by atoms with Crippen molar-refractivity contribution >= 4 is 11.6 Å². The zero-order chi connectivity index (χ0) is 6.41. The lowest BCUT2D eigenvalue weighted by Gasteiger charge is -1.87. The number of allylic oxidation sites excluding steroid dienone is 2. The third-order valence-corrected chi connectivity index (χ3v) is 1.14. The molecule has 48 valence electrons. The molecule has 8 heavy (non-hydrogen) atoms. The van der Waals surface area contributed by atoms with Crippen molar-refractivity contribution in [3.8, 4) is 0 Å². The molecule has 0 nitrogen and oxygen atoms in total. The van der Waals surface area contributed by atoms with Crippen LogP contribution < -0.4 is 0 Å². The standard InChI is InChI=1S/C7H13Cl/c1-3-4-5-6-7(2)8/h6H,3-5H2,1-2H3. The summed E-state index contributed by atoms with van der Waals surface area (Å²) >= 11 is 5.57. The molecule has 0 saturated carbocycles. The maximum absolute atomic E-state index is 5.57. The Hall–Kier alpha value is 0.0300. The van der Waals surface area contributed by atoms with Crippen LogP contribution in [-0.2, 0) is 0 Å². The highest BCUT2D eigenvalue weighted by Gasteiger charge is 1.79. The van der Waals surface area contributed by atoms with Gasteiger partial charge in [0.05, 0.1) is 0 Å². The fraction of sp³-hybridized carbons (Fsp3) is 0.714. The number of unbranched alkanes of at least 4 members (excludes halogenated alkanes) is 2. The Labute approximate surface area is 56.5 Å². The molecular formula is C7H13Cl. The van der Waals surface area contributed by atoms with Gasteiger partial charge in [-0.2, -0.15) is 0 Å². The van der Waals surface area contributed by atoms with E-state index < -0.39 is 0 Å². The first kappa shape index (κ1) is 8.03. The third-order valence-electron chi connectivity index (χ3n) is 0.983. The molecule has 0 radical (unpaired) electrons. The summed E-state index contributed by atoms with van der Waals surface area (Å²) in [5, 5.41) is 0.915. The summed E-state index contributed by atoms with van der Waals surface area (Å²) in [6, 6.07) is 0. The molecule has 0 N–H and O–H groups in total. The van der Waals surface area contributed by atoms with Crippen molar-refractivity contribution in [2.24, 2.45) is 0 Å². The lowest BCUT2D eigenvalue weighted by molar-refractivity contribution is 0.813. The molecule has 0 amide bonds. The van der Waals surface area contributed by atoms with Gasteiger partial charge in [0.1, 0.15) is 0 Å². The highest BCUT2D eigenvalue weighted by Crippen LogP contribution is 2.03. The summed E-state index contributed by atoms with van der Waals surface area (Å²) in [7, 11) is 0. The van der Waals surface area contributed by atoms with E-state index in [0.717, 1.165) is 11.5 Å². The van der Waals surface area contributed by atoms with Crippen molar-refractivity contribution in [2.75, 3.05) is 0 Å². The Morgan fingerprint density at radius 3 is 2.62 bits per heavy atom. The van der Waals surface area contributed by atoms with Gasteiger partial charge in [0, 0.05) is 5.03 Å². The molecule has 0 unspecified atom stereocenters. The summed E-state index contributed by atoms with van der Waals surface area (Å²) < 4.78 is 0. The molecule has 0 aliphatic carbocycles. The number of rotatable bonds is 3. The molecule has 0 aromatic heterocycles. The van der Waals surface area contributed by atoms with Gasteiger partial charge in [0.25, 0.3) is 0 Å². The van der Waals surface area contributed by atoms with Crippen LogP contribution in [0.4, 0.5) is 0 Å². The molecule has 0 atom stereocenters. The van der Waals surface area contributed by atoms with Gasteiger partial charge in [-0.25, -0.2) is 0 Å². The van der Waals surface area contributed by atoms with Crippen molar-refractivity contribution in [3.05, 3.63) is 11.1 Å². The average Bonchev–Trinajstić information content (AvgIpc) is 1.66. The topological polar surface area (TPSA) is 0 Å². The highest BCUT2D eigenvalue weighted by molar-refractivity contribution is 6.29. The SMILES string of the molecule is CCCCC=C(C)Cl. The monoisotopic (exact) mass is 132 g/mol. The second-order valence-corrected chi connectivity index (χ2v) is 2.53. The molecule has 0 aliphatic rings. The summed E-state index contributed by atoms with van der Waals surface area (Å²) in [5.41, 5.74) is 0. The summed E-state index contributed by atoms with van der Waals surface area (Å²) in [6.45, 7) is 4.09. The molecule has 0 aromatic rings. The predicted molar refractivity (Wildman–Crippen MR) is 39.1 cm³/mol. The minimum Gasteiger partial charge on any atom is -0.0898 e. The first-order valence-corrected chi connectivity index (χ1v) is 3.47. The van der Waals surface area contributed by atoms with E-state index in [9.17, 15) is 0 Å². The fourth-order valence-corrected chi connectivity index (χ4v) is 0.614. The minimum absolute atomic E-state index is 0.915. The van der Waals surface area contributed by atoms with Crippen molar-refractivity contribution in [2.45, 2.75) is 33.1 Å². The molecular weight excluding hydrogens is 120 g/mol. The Balaban J connectivity index is 3.03. The zero-order valence-corrected chi connectivity index (χ0v) is 6.33. The van der Waals surface area contributed by atoms with E-state index in [1.54, 1.807) is 0 Å².